The van der Waals surface area contributed by atoms with Crippen LogP contribution in [0.4, 0.5) is 0 Å². The number of fused-ring (bicyclic) bond motifs is 1. The van der Waals surface area contributed by atoms with Gasteiger partial charge < -0.3 is 5.32 Å². The minimum absolute atomic E-state index is 0.174. The molecule has 0 aliphatic carbocycles. The lowest BCUT2D eigenvalue weighted by Gasteiger charge is -2.12. The lowest BCUT2D eigenvalue weighted by Crippen LogP contribution is -2.27. The Hall–Kier alpha value is -2.40. The summed E-state index contributed by atoms with van der Waals surface area (Å²) in [6.45, 7) is 1.87. The van der Waals surface area contributed by atoms with E-state index in [-0.39, 0.29) is 11.9 Å². The minimum atomic E-state index is -0.259. The summed E-state index contributed by atoms with van der Waals surface area (Å²) < 4.78 is 1.85. The summed E-state index contributed by atoms with van der Waals surface area (Å²) in [6.07, 6.45) is 1.87. The van der Waals surface area contributed by atoms with Gasteiger partial charge in [-0.05, 0) is 43.3 Å². The maximum absolute atomic E-state index is 12.2. The van der Waals surface area contributed by atoms with Crippen molar-refractivity contribution in [2.24, 2.45) is 0 Å². The van der Waals surface area contributed by atoms with Crippen molar-refractivity contribution in [1.82, 2.24) is 19.9 Å². The molecule has 1 aromatic carbocycles. The van der Waals surface area contributed by atoms with Gasteiger partial charge in [0.15, 0.2) is 11.5 Å². The Kier molecular flexibility index (Phi) is 3.58. The van der Waals surface area contributed by atoms with Crippen LogP contribution >= 0.6 is 11.6 Å². The minimum Gasteiger partial charge on any atom is -0.342 e. The standard InChI is InChI=1S/C15H13ClN4O/c1-10(14-19-18-13-4-2-3-9-20(13)14)17-15(21)11-5-7-12(16)8-6-11/h2-10H,1H3,(H,17,21). The molecule has 1 unspecified atom stereocenters. The number of pyridine rings is 1. The van der Waals surface area contributed by atoms with E-state index in [1.807, 2.05) is 35.7 Å². The number of aromatic nitrogens is 3. The molecule has 3 aromatic rings. The molecule has 0 spiro atoms. The largest absolute Gasteiger partial charge is 0.342 e. The van der Waals surface area contributed by atoms with Gasteiger partial charge in [0, 0.05) is 16.8 Å². The van der Waals surface area contributed by atoms with Crippen molar-refractivity contribution in [3.63, 3.8) is 0 Å². The third kappa shape index (κ3) is 2.73. The van der Waals surface area contributed by atoms with Crippen molar-refractivity contribution in [2.75, 3.05) is 0 Å². The Bertz CT molecular complexity index is 782. The van der Waals surface area contributed by atoms with Gasteiger partial charge >= 0.3 is 0 Å². The number of carbonyl (C=O) groups is 1. The molecule has 1 atom stereocenters. The van der Waals surface area contributed by atoms with Crippen molar-refractivity contribution in [3.8, 4) is 0 Å². The molecule has 2 aromatic heterocycles. The molecule has 1 amide bonds. The van der Waals surface area contributed by atoms with Crippen LogP contribution in [0.25, 0.3) is 5.65 Å². The highest BCUT2D eigenvalue weighted by Gasteiger charge is 2.16. The lowest BCUT2D eigenvalue weighted by atomic mass is 10.2. The van der Waals surface area contributed by atoms with Crippen molar-refractivity contribution in [1.29, 1.82) is 0 Å². The molecule has 2 heterocycles. The molecule has 0 aliphatic heterocycles. The third-order valence-corrected chi connectivity index (χ3v) is 3.43. The number of halogens is 1. The molecule has 1 N–H and O–H groups in total. The fourth-order valence-corrected chi connectivity index (χ4v) is 2.23. The number of hydrogen-bond acceptors (Lipinski definition) is 3. The van der Waals surface area contributed by atoms with Gasteiger partial charge in [-0.3, -0.25) is 9.20 Å². The Morgan fingerprint density at radius 2 is 1.95 bits per heavy atom. The van der Waals surface area contributed by atoms with Gasteiger partial charge in [0.1, 0.15) is 0 Å². The second-order valence-corrected chi connectivity index (χ2v) is 5.13. The van der Waals surface area contributed by atoms with E-state index in [0.29, 0.717) is 16.4 Å². The predicted octanol–water partition coefficient (Wildman–Crippen LogP) is 2.87. The molecule has 0 aliphatic rings. The first-order valence-corrected chi connectivity index (χ1v) is 6.89. The normalized spacial score (nSPS) is 12.3. The van der Waals surface area contributed by atoms with Gasteiger partial charge in [0.25, 0.3) is 5.91 Å². The zero-order valence-electron chi connectivity index (χ0n) is 11.3. The van der Waals surface area contributed by atoms with Crippen molar-refractivity contribution < 1.29 is 4.79 Å². The molecular formula is C15H13ClN4O. The van der Waals surface area contributed by atoms with E-state index in [1.54, 1.807) is 24.3 Å². The summed E-state index contributed by atoms with van der Waals surface area (Å²) in [4.78, 5) is 12.2. The highest BCUT2D eigenvalue weighted by atomic mass is 35.5. The van der Waals surface area contributed by atoms with Crippen LogP contribution < -0.4 is 5.32 Å². The maximum Gasteiger partial charge on any atom is 0.251 e. The van der Waals surface area contributed by atoms with E-state index in [0.717, 1.165) is 5.65 Å². The average molecular weight is 301 g/mol. The fraction of sp³-hybridized carbons (Fsp3) is 0.133. The van der Waals surface area contributed by atoms with Gasteiger partial charge in [0.05, 0.1) is 6.04 Å². The number of hydrogen-bond donors (Lipinski definition) is 1. The molecule has 106 valence electrons. The van der Waals surface area contributed by atoms with Gasteiger partial charge in [-0.15, -0.1) is 10.2 Å². The number of carbonyl (C=O) groups excluding carboxylic acids is 1. The Balaban J connectivity index is 1.81. The van der Waals surface area contributed by atoms with Crippen LogP contribution in [-0.2, 0) is 0 Å². The van der Waals surface area contributed by atoms with E-state index in [1.165, 1.54) is 0 Å². The monoisotopic (exact) mass is 300 g/mol. The number of rotatable bonds is 3. The van der Waals surface area contributed by atoms with Crippen LogP contribution in [0.15, 0.2) is 48.7 Å². The fourth-order valence-electron chi connectivity index (χ4n) is 2.10. The Morgan fingerprint density at radius 1 is 1.19 bits per heavy atom. The molecule has 0 fully saturated rings. The quantitative estimate of drug-likeness (QED) is 0.809. The van der Waals surface area contributed by atoms with Crippen LogP contribution in [0, 0.1) is 0 Å². The van der Waals surface area contributed by atoms with E-state index < -0.39 is 0 Å². The number of amides is 1. The van der Waals surface area contributed by atoms with Crippen molar-refractivity contribution in [2.45, 2.75) is 13.0 Å². The van der Waals surface area contributed by atoms with Crippen LogP contribution in [0.3, 0.4) is 0 Å². The second-order valence-electron chi connectivity index (χ2n) is 4.69. The highest BCUT2D eigenvalue weighted by molar-refractivity contribution is 6.30. The zero-order valence-corrected chi connectivity index (χ0v) is 12.1. The van der Waals surface area contributed by atoms with Crippen LogP contribution in [0.2, 0.25) is 5.02 Å². The van der Waals surface area contributed by atoms with Gasteiger partial charge in [0.2, 0.25) is 0 Å². The lowest BCUT2D eigenvalue weighted by molar-refractivity contribution is 0.0938. The molecule has 0 radical (unpaired) electrons. The third-order valence-electron chi connectivity index (χ3n) is 3.18. The van der Waals surface area contributed by atoms with Crippen molar-refractivity contribution >= 4 is 23.2 Å². The van der Waals surface area contributed by atoms with E-state index in [9.17, 15) is 4.79 Å². The molecule has 6 heteroatoms. The number of nitrogens with one attached hydrogen (secondary N) is 1. The predicted molar refractivity (Wildman–Crippen MR) is 80.3 cm³/mol. The Morgan fingerprint density at radius 3 is 2.71 bits per heavy atom. The van der Waals surface area contributed by atoms with E-state index in [2.05, 4.69) is 15.5 Å². The summed E-state index contributed by atoms with van der Waals surface area (Å²) >= 11 is 5.82. The summed E-state index contributed by atoms with van der Waals surface area (Å²) in [6, 6.07) is 12.1. The molecule has 0 saturated heterocycles. The number of nitrogens with zero attached hydrogens (tertiary/aromatic N) is 3. The van der Waals surface area contributed by atoms with Gasteiger partial charge in [-0.2, -0.15) is 0 Å². The highest BCUT2D eigenvalue weighted by Crippen LogP contribution is 2.14. The first kappa shape index (κ1) is 13.6. The van der Waals surface area contributed by atoms with Crippen LogP contribution in [0.5, 0.6) is 0 Å². The SMILES string of the molecule is CC(NC(=O)c1ccc(Cl)cc1)c1nnc2ccccn12. The first-order valence-electron chi connectivity index (χ1n) is 6.51. The van der Waals surface area contributed by atoms with Gasteiger partial charge in [-0.1, -0.05) is 17.7 Å². The summed E-state index contributed by atoms with van der Waals surface area (Å²) in [5, 5.41) is 11.7. The van der Waals surface area contributed by atoms with Crippen LogP contribution in [0.1, 0.15) is 29.1 Å². The topological polar surface area (TPSA) is 59.3 Å². The summed E-state index contributed by atoms with van der Waals surface area (Å²) in [5.74, 6) is 0.514. The molecule has 5 nitrogen and oxygen atoms in total. The Labute approximate surface area is 126 Å². The average Bonchev–Trinajstić information content (AvgIpc) is 2.92. The second kappa shape index (κ2) is 5.54. The summed E-state index contributed by atoms with van der Waals surface area (Å²) in [5.41, 5.74) is 1.31. The van der Waals surface area contributed by atoms with E-state index in [4.69, 9.17) is 11.6 Å². The van der Waals surface area contributed by atoms with E-state index >= 15 is 0 Å². The molecule has 0 saturated carbocycles. The maximum atomic E-state index is 12.2. The van der Waals surface area contributed by atoms with Crippen molar-refractivity contribution in [3.05, 3.63) is 65.1 Å². The zero-order chi connectivity index (χ0) is 14.8. The molecule has 0 bridgehead atoms. The van der Waals surface area contributed by atoms with Crippen LogP contribution in [-0.4, -0.2) is 20.5 Å². The summed E-state index contributed by atoms with van der Waals surface area (Å²) in [7, 11) is 0. The molecule has 21 heavy (non-hydrogen) atoms. The van der Waals surface area contributed by atoms with Gasteiger partial charge in [-0.25, -0.2) is 0 Å². The number of benzene rings is 1. The smallest absolute Gasteiger partial charge is 0.251 e. The molecular weight excluding hydrogens is 288 g/mol. The molecule has 3 rings (SSSR count). The first-order chi connectivity index (χ1) is 10.1.